The van der Waals surface area contributed by atoms with Crippen molar-refractivity contribution in [1.29, 1.82) is 0 Å². The zero-order valence-corrected chi connectivity index (χ0v) is 12.0. The average molecular weight is 294 g/mol. The summed E-state index contributed by atoms with van der Waals surface area (Å²) >= 11 is 6.12. The van der Waals surface area contributed by atoms with Gasteiger partial charge in [0.05, 0.1) is 18.2 Å². The van der Waals surface area contributed by atoms with E-state index in [4.69, 9.17) is 21.1 Å². The number of hydrogen-bond acceptors (Lipinski definition) is 4. The van der Waals surface area contributed by atoms with Crippen LogP contribution in [-0.2, 0) is 9.53 Å². The van der Waals surface area contributed by atoms with Crippen molar-refractivity contribution < 1.29 is 14.3 Å². The molecule has 5 heteroatoms. The highest BCUT2D eigenvalue weighted by Gasteiger charge is 2.06. The van der Waals surface area contributed by atoms with Gasteiger partial charge in [0.1, 0.15) is 11.3 Å². The molecule has 0 amide bonds. The van der Waals surface area contributed by atoms with E-state index in [0.717, 1.165) is 29.5 Å². The van der Waals surface area contributed by atoms with Crippen molar-refractivity contribution in [3.63, 3.8) is 0 Å². The molecule has 2 aromatic rings. The second-order valence-corrected chi connectivity index (χ2v) is 4.75. The fourth-order valence-corrected chi connectivity index (χ4v) is 2.05. The number of halogens is 1. The lowest BCUT2D eigenvalue weighted by molar-refractivity contribution is -0.141. The molecule has 0 saturated heterocycles. The highest BCUT2D eigenvalue weighted by molar-refractivity contribution is 6.35. The predicted octanol–water partition coefficient (Wildman–Crippen LogP) is 3.61. The van der Waals surface area contributed by atoms with E-state index in [1.165, 1.54) is 6.92 Å². The monoisotopic (exact) mass is 293 g/mol. The number of esters is 1. The number of unbranched alkanes of at least 4 members (excludes halogenated alkanes) is 1. The summed E-state index contributed by atoms with van der Waals surface area (Å²) in [5, 5.41) is 1.54. The zero-order valence-electron chi connectivity index (χ0n) is 11.3. The molecule has 2 rings (SSSR count). The highest BCUT2D eigenvalue weighted by Crippen LogP contribution is 2.29. The van der Waals surface area contributed by atoms with Gasteiger partial charge in [-0.3, -0.25) is 9.78 Å². The van der Waals surface area contributed by atoms with Gasteiger partial charge in [-0.2, -0.15) is 0 Å². The Bertz CT molecular complexity index is 601. The lowest BCUT2D eigenvalue weighted by atomic mass is 10.2. The molecule has 0 aliphatic carbocycles. The van der Waals surface area contributed by atoms with Gasteiger partial charge in [0.15, 0.2) is 0 Å². The zero-order chi connectivity index (χ0) is 14.4. The number of carbonyl (C=O) groups excluding carboxylic acids is 1. The number of rotatable bonds is 6. The molecule has 0 saturated carbocycles. The molecule has 0 aliphatic rings. The number of aromatic nitrogens is 1. The first-order valence-electron chi connectivity index (χ1n) is 6.48. The molecule has 1 aromatic carbocycles. The minimum absolute atomic E-state index is 0.251. The first-order valence-corrected chi connectivity index (χ1v) is 6.85. The second kappa shape index (κ2) is 7.10. The number of pyridine rings is 1. The smallest absolute Gasteiger partial charge is 0.302 e. The fraction of sp³-hybridized carbons (Fsp3) is 0.333. The Labute approximate surface area is 122 Å². The Morgan fingerprint density at radius 2 is 2.05 bits per heavy atom. The molecule has 0 spiro atoms. The maximum atomic E-state index is 10.6. The second-order valence-electron chi connectivity index (χ2n) is 4.34. The van der Waals surface area contributed by atoms with Crippen molar-refractivity contribution in [3.8, 4) is 5.75 Å². The van der Waals surface area contributed by atoms with Crippen LogP contribution in [0.25, 0.3) is 10.9 Å². The topological polar surface area (TPSA) is 48.4 Å². The molecule has 0 unspecified atom stereocenters. The molecule has 0 aliphatic heterocycles. The number of benzene rings is 1. The Kier molecular flexibility index (Phi) is 5.18. The van der Waals surface area contributed by atoms with E-state index < -0.39 is 0 Å². The van der Waals surface area contributed by atoms with Crippen molar-refractivity contribution in [1.82, 2.24) is 4.98 Å². The number of ether oxygens (including phenoxy) is 2. The Morgan fingerprint density at radius 3 is 2.85 bits per heavy atom. The Balaban J connectivity index is 1.90. The van der Waals surface area contributed by atoms with Crippen LogP contribution in [-0.4, -0.2) is 24.2 Å². The van der Waals surface area contributed by atoms with Crippen LogP contribution in [0.4, 0.5) is 0 Å². The van der Waals surface area contributed by atoms with Crippen LogP contribution in [0.3, 0.4) is 0 Å². The summed E-state index contributed by atoms with van der Waals surface area (Å²) in [6.45, 7) is 2.38. The quantitative estimate of drug-likeness (QED) is 0.603. The van der Waals surface area contributed by atoms with Gasteiger partial charge in [-0.05, 0) is 37.1 Å². The Hall–Kier alpha value is -1.81. The number of carbonyl (C=O) groups is 1. The van der Waals surface area contributed by atoms with E-state index in [2.05, 4.69) is 4.98 Å². The van der Waals surface area contributed by atoms with E-state index in [-0.39, 0.29) is 5.97 Å². The Morgan fingerprint density at radius 1 is 1.25 bits per heavy atom. The van der Waals surface area contributed by atoms with Crippen LogP contribution in [0.15, 0.2) is 30.5 Å². The molecule has 0 N–H and O–H groups in total. The van der Waals surface area contributed by atoms with Gasteiger partial charge in [-0.1, -0.05) is 11.6 Å². The summed E-state index contributed by atoms with van der Waals surface area (Å²) in [4.78, 5) is 14.9. The molecule has 20 heavy (non-hydrogen) atoms. The molecule has 1 heterocycles. The van der Waals surface area contributed by atoms with Crippen molar-refractivity contribution in [2.45, 2.75) is 19.8 Å². The average Bonchev–Trinajstić information content (AvgIpc) is 2.45. The fourth-order valence-electron chi connectivity index (χ4n) is 1.83. The van der Waals surface area contributed by atoms with E-state index in [1.54, 1.807) is 12.3 Å². The van der Waals surface area contributed by atoms with Gasteiger partial charge in [0.2, 0.25) is 0 Å². The first kappa shape index (κ1) is 14.6. The standard InChI is InChI=1S/C15H16ClNO3/c1-11(18)19-9-2-3-10-20-14-7-6-13(16)12-5-4-8-17-15(12)14/h4-8H,2-3,9-10H2,1H3. The number of fused-ring (bicyclic) bond motifs is 1. The van der Waals surface area contributed by atoms with Gasteiger partial charge >= 0.3 is 5.97 Å². The first-order chi connectivity index (χ1) is 9.68. The van der Waals surface area contributed by atoms with E-state index in [0.29, 0.717) is 18.2 Å². The summed E-state index contributed by atoms with van der Waals surface area (Å²) in [7, 11) is 0. The maximum Gasteiger partial charge on any atom is 0.302 e. The van der Waals surface area contributed by atoms with Gasteiger partial charge in [0.25, 0.3) is 0 Å². The predicted molar refractivity (Wildman–Crippen MR) is 78.1 cm³/mol. The molecular weight excluding hydrogens is 278 g/mol. The molecule has 0 bridgehead atoms. The molecule has 0 radical (unpaired) electrons. The molecule has 4 nitrogen and oxygen atoms in total. The van der Waals surface area contributed by atoms with Crippen molar-refractivity contribution in [3.05, 3.63) is 35.5 Å². The van der Waals surface area contributed by atoms with Crippen LogP contribution in [0, 0.1) is 0 Å². The summed E-state index contributed by atoms with van der Waals surface area (Å²) in [5.74, 6) is 0.469. The minimum Gasteiger partial charge on any atom is -0.491 e. The highest BCUT2D eigenvalue weighted by atomic mass is 35.5. The van der Waals surface area contributed by atoms with Crippen LogP contribution in [0.2, 0.25) is 5.02 Å². The van der Waals surface area contributed by atoms with Crippen LogP contribution >= 0.6 is 11.6 Å². The van der Waals surface area contributed by atoms with Gasteiger partial charge in [-0.25, -0.2) is 0 Å². The molecular formula is C15H16ClNO3. The summed E-state index contributed by atoms with van der Waals surface area (Å²) in [6, 6.07) is 7.39. The summed E-state index contributed by atoms with van der Waals surface area (Å²) in [5.41, 5.74) is 0.764. The molecule has 0 fully saturated rings. The minimum atomic E-state index is -0.251. The van der Waals surface area contributed by atoms with Crippen LogP contribution < -0.4 is 4.74 Å². The van der Waals surface area contributed by atoms with E-state index in [1.807, 2.05) is 18.2 Å². The van der Waals surface area contributed by atoms with Gasteiger partial charge < -0.3 is 9.47 Å². The SMILES string of the molecule is CC(=O)OCCCCOc1ccc(Cl)c2cccnc12. The van der Waals surface area contributed by atoms with Crippen LogP contribution in [0.1, 0.15) is 19.8 Å². The van der Waals surface area contributed by atoms with E-state index in [9.17, 15) is 4.79 Å². The van der Waals surface area contributed by atoms with Crippen LogP contribution in [0.5, 0.6) is 5.75 Å². The molecule has 106 valence electrons. The third-order valence-electron chi connectivity index (χ3n) is 2.78. The van der Waals surface area contributed by atoms with Crippen molar-refractivity contribution >= 4 is 28.5 Å². The van der Waals surface area contributed by atoms with Crippen molar-refractivity contribution in [2.24, 2.45) is 0 Å². The largest absolute Gasteiger partial charge is 0.491 e. The summed E-state index contributed by atoms with van der Waals surface area (Å²) < 4.78 is 10.6. The number of hydrogen-bond donors (Lipinski definition) is 0. The third kappa shape index (κ3) is 3.84. The summed E-state index contributed by atoms with van der Waals surface area (Å²) in [6.07, 6.45) is 3.30. The molecule has 1 aromatic heterocycles. The lowest BCUT2D eigenvalue weighted by Crippen LogP contribution is -2.04. The molecule has 0 atom stereocenters. The normalized spacial score (nSPS) is 10.5. The van der Waals surface area contributed by atoms with Crippen molar-refractivity contribution in [2.75, 3.05) is 13.2 Å². The third-order valence-corrected chi connectivity index (χ3v) is 3.11. The number of nitrogens with zero attached hydrogens (tertiary/aromatic N) is 1. The maximum absolute atomic E-state index is 10.6. The van der Waals surface area contributed by atoms with Gasteiger partial charge in [-0.15, -0.1) is 0 Å². The lowest BCUT2D eigenvalue weighted by Gasteiger charge is -2.09. The van der Waals surface area contributed by atoms with E-state index >= 15 is 0 Å². The van der Waals surface area contributed by atoms with Gasteiger partial charge in [0, 0.05) is 18.5 Å².